The van der Waals surface area contributed by atoms with E-state index in [2.05, 4.69) is 25.5 Å². The molecule has 0 aliphatic carbocycles. The number of anilines is 2. The van der Waals surface area contributed by atoms with Crippen molar-refractivity contribution in [3.05, 3.63) is 96.1 Å². The average molecular weight is 568 g/mol. The molecule has 3 N–H and O–H groups in total. The number of benzene rings is 2. The lowest BCUT2D eigenvalue weighted by Gasteiger charge is -2.33. The van der Waals surface area contributed by atoms with Gasteiger partial charge in [-0.25, -0.2) is 14.4 Å². The zero-order chi connectivity index (χ0) is 29.2. The molecule has 1 atom stereocenters. The molecule has 0 bridgehead atoms. The van der Waals surface area contributed by atoms with Crippen molar-refractivity contribution < 1.29 is 31.6 Å². The van der Waals surface area contributed by atoms with Crippen molar-refractivity contribution in [3.8, 4) is 22.9 Å². The molecule has 210 valence electrons. The summed E-state index contributed by atoms with van der Waals surface area (Å²) in [6, 6.07) is 15.8. The highest BCUT2D eigenvalue weighted by atomic mass is 19.4. The normalized spacial score (nSPS) is 13.1. The summed E-state index contributed by atoms with van der Waals surface area (Å²) in [5.41, 5.74) is 3.42. The predicted octanol–water partition coefficient (Wildman–Crippen LogP) is 4.81. The Labute approximate surface area is 229 Å². The Kier molecular flexibility index (Phi) is 7.24. The second-order valence-corrected chi connectivity index (χ2v) is 8.74. The number of ether oxygens (including phenoxy) is 1. The summed E-state index contributed by atoms with van der Waals surface area (Å²) >= 11 is 0. The fraction of sp³-hybridized carbons (Fsp3) is 0.148. The minimum Gasteiger partial charge on any atom is -0.382 e. The molecular formula is C27H21F4N7O3. The molecule has 5 rings (SSSR count). The van der Waals surface area contributed by atoms with Crippen LogP contribution in [0.5, 0.6) is 0 Å². The Balaban J connectivity index is 1.47. The van der Waals surface area contributed by atoms with Crippen molar-refractivity contribution in [1.82, 2.24) is 24.9 Å². The van der Waals surface area contributed by atoms with Gasteiger partial charge in [-0.05, 0) is 12.1 Å². The van der Waals surface area contributed by atoms with Crippen LogP contribution in [0.4, 0.5) is 29.1 Å². The van der Waals surface area contributed by atoms with Gasteiger partial charge in [-0.15, -0.1) is 0 Å². The standard InChI is InChI=1S/C27H21F4N7O3/c1-40-26(27(29,30)31,17-8-3-2-4-9-17)25(39)34-21-14-33-24(35-23(21)32)20-13-22(19-11-12-41-37-19)38(36-20)15-16-7-5-6-10-18(16)28/h2-14H,15H2,1H3,(H,34,39)(H2,32,33,35). The highest BCUT2D eigenvalue weighted by Crippen LogP contribution is 2.43. The SMILES string of the molecule is COC(C(=O)Nc1cnc(-c2cc(-c3ccon3)n(Cc3ccccc3F)n2)nc1N)(c1ccccc1)C(F)(F)F. The Hall–Kier alpha value is -5.11. The molecule has 0 saturated carbocycles. The number of nitrogen functional groups attached to an aromatic ring is 1. The molecule has 10 nitrogen and oxygen atoms in total. The number of nitrogens with zero attached hydrogens (tertiary/aromatic N) is 5. The van der Waals surface area contributed by atoms with Crippen LogP contribution in [0.1, 0.15) is 11.1 Å². The van der Waals surface area contributed by atoms with Crippen LogP contribution in [0.15, 0.2) is 83.7 Å². The molecule has 0 aliphatic rings. The van der Waals surface area contributed by atoms with Gasteiger partial charge in [-0.2, -0.15) is 18.3 Å². The molecule has 1 amide bonds. The van der Waals surface area contributed by atoms with Crippen LogP contribution in [0, 0.1) is 5.82 Å². The zero-order valence-corrected chi connectivity index (χ0v) is 21.3. The maximum absolute atomic E-state index is 14.3. The number of alkyl halides is 3. The quantitative estimate of drug-likeness (QED) is 0.255. The van der Waals surface area contributed by atoms with E-state index in [0.717, 1.165) is 25.4 Å². The van der Waals surface area contributed by atoms with Gasteiger partial charge < -0.3 is 20.3 Å². The van der Waals surface area contributed by atoms with E-state index in [9.17, 15) is 22.4 Å². The van der Waals surface area contributed by atoms with Gasteiger partial charge in [0.25, 0.3) is 11.5 Å². The number of carbonyl (C=O) groups excluding carboxylic acids is 1. The number of aromatic nitrogens is 5. The lowest BCUT2D eigenvalue weighted by molar-refractivity contribution is -0.263. The first kappa shape index (κ1) is 27.5. The molecule has 0 radical (unpaired) electrons. The highest BCUT2D eigenvalue weighted by Gasteiger charge is 2.62. The predicted molar refractivity (Wildman–Crippen MR) is 138 cm³/mol. The molecule has 0 aliphatic heterocycles. The number of hydrogen-bond donors (Lipinski definition) is 2. The van der Waals surface area contributed by atoms with Crippen LogP contribution in [-0.2, 0) is 21.7 Å². The third-order valence-electron chi connectivity index (χ3n) is 6.26. The fourth-order valence-electron chi connectivity index (χ4n) is 4.23. The van der Waals surface area contributed by atoms with Gasteiger partial charge in [0.15, 0.2) is 11.6 Å². The first-order chi connectivity index (χ1) is 19.6. The molecule has 0 spiro atoms. The third-order valence-corrected chi connectivity index (χ3v) is 6.26. The van der Waals surface area contributed by atoms with Crippen LogP contribution >= 0.6 is 0 Å². The largest absolute Gasteiger partial charge is 0.430 e. The minimum absolute atomic E-state index is 0.00517. The number of methoxy groups -OCH3 is 1. The van der Waals surface area contributed by atoms with Crippen molar-refractivity contribution in [3.63, 3.8) is 0 Å². The van der Waals surface area contributed by atoms with Crippen LogP contribution in [0.3, 0.4) is 0 Å². The first-order valence-corrected chi connectivity index (χ1v) is 12.0. The number of amides is 1. The topological polar surface area (TPSA) is 134 Å². The van der Waals surface area contributed by atoms with Crippen molar-refractivity contribution in [2.75, 3.05) is 18.2 Å². The van der Waals surface area contributed by atoms with Crippen molar-refractivity contribution in [2.45, 2.75) is 18.3 Å². The van der Waals surface area contributed by atoms with E-state index in [1.54, 1.807) is 30.3 Å². The third kappa shape index (κ3) is 5.12. The summed E-state index contributed by atoms with van der Waals surface area (Å²) in [4.78, 5) is 21.4. The molecule has 2 aromatic carbocycles. The van der Waals surface area contributed by atoms with Crippen LogP contribution in [0.25, 0.3) is 22.9 Å². The van der Waals surface area contributed by atoms with Gasteiger partial charge in [0, 0.05) is 24.3 Å². The number of nitrogens with two attached hydrogens (primary N) is 1. The van der Waals surface area contributed by atoms with Crippen molar-refractivity contribution in [1.29, 1.82) is 0 Å². The van der Waals surface area contributed by atoms with E-state index in [4.69, 9.17) is 15.0 Å². The average Bonchev–Trinajstić information content (AvgIpc) is 3.62. The molecule has 0 fully saturated rings. The van der Waals surface area contributed by atoms with Crippen LogP contribution < -0.4 is 11.1 Å². The number of halogens is 4. The van der Waals surface area contributed by atoms with E-state index in [0.29, 0.717) is 17.0 Å². The van der Waals surface area contributed by atoms with Gasteiger partial charge >= 0.3 is 6.18 Å². The summed E-state index contributed by atoms with van der Waals surface area (Å²) in [5.74, 6) is -2.30. The number of hydrogen-bond acceptors (Lipinski definition) is 8. The second kappa shape index (κ2) is 10.8. The maximum atomic E-state index is 14.3. The van der Waals surface area contributed by atoms with Crippen LogP contribution in [-0.4, -0.2) is 44.1 Å². The van der Waals surface area contributed by atoms with Crippen molar-refractivity contribution >= 4 is 17.4 Å². The van der Waals surface area contributed by atoms with Crippen LogP contribution in [0.2, 0.25) is 0 Å². The molecule has 1 unspecified atom stereocenters. The van der Waals surface area contributed by atoms with Gasteiger partial charge in [0.1, 0.15) is 29.2 Å². The number of rotatable bonds is 8. The summed E-state index contributed by atoms with van der Waals surface area (Å²) in [7, 11) is 0.785. The minimum atomic E-state index is -5.12. The molecule has 3 heterocycles. The summed E-state index contributed by atoms with van der Waals surface area (Å²) in [6.45, 7) is 0.0362. The monoisotopic (exact) mass is 567 g/mol. The Morgan fingerprint density at radius 3 is 2.44 bits per heavy atom. The van der Waals surface area contributed by atoms with Gasteiger partial charge in [0.2, 0.25) is 0 Å². The summed E-state index contributed by atoms with van der Waals surface area (Å²) in [5, 5.41) is 10.5. The highest BCUT2D eigenvalue weighted by molar-refractivity contribution is 6.00. The Morgan fingerprint density at radius 1 is 1.07 bits per heavy atom. The molecule has 5 aromatic rings. The van der Waals surface area contributed by atoms with E-state index in [-0.39, 0.29) is 29.6 Å². The van der Waals surface area contributed by atoms with Gasteiger partial charge in [0.05, 0.1) is 18.4 Å². The van der Waals surface area contributed by atoms with Crippen molar-refractivity contribution in [2.24, 2.45) is 0 Å². The zero-order valence-electron chi connectivity index (χ0n) is 21.3. The maximum Gasteiger partial charge on any atom is 0.430 e. The van der Waals surface area contributed by atoms with E-state index < -0.39 is 29.1 Å². The van der Waals surface area contributed by atoms with E-state index >= 15 is 0 Å². The lowest BCUT2D eigenvalue weighted by Crippen LogP contribution is -2.53. The molecule has 41 heavy (non-hydrogen) atoms. The molecule has 14 heteroatoms. The Bertz CT molecular complexity index is 1670. The fourth-order valence-corrected chi connectivity index (χ4v) is 4.23. The summed E-state index contributed by atoms with van der Waals surface area (Å²) in [6.07, 6.45) is -2.70. The van der Waals surface area contributed by atoms with E-state index in [1.165, 1.54) is 35.2 Å². The number of carbonyl (C=O) groups is 1. The van der Waals surface area contributed by atoms with E-state index in [1.807, 2.05) is 0 Å². The smallest absolute Gasteiger partial charge is 0.382 e. The van der Waals surface area contributed by atoms with Gasteiger partial charge in [-0.3, -0.25) is 9.48 Å². The summed E-state index contributed by atoms with van der Waals surface area (Å²) < 4.78 is 68.3. The second-order valence-electron chi connectivity index (χ2n) is 8.74. The molecule has 3 aromatic heterocycles. The lowest BCUT2D eigenvalue weighted by atomic mass is 9.91. The molecular weight excluding hydrogens is 546 g/mol. The Morgan fingerprint density at radius 2 is 1.80 bits per heavy atom. The molecule has 0 saturated heterocycles. The van der Waals surface area contributed by atoms with Gasteiger partial charge in [-0.1, -0.05) is 53.7 Å². The first-order valence-electron chi connectivity index (χ1n) is 12.0. The number of nitrogens with one attached hydrogen (secondary N) is 1.